The first-order chi connectivity index (χ1) is 11.6. The van der Waals surface area contributed by atoms with Crippen LogP contribution in [0.2, 0.25) is 0 Å². The second-order valence-electron chi connectivity index (χ2n) is 5.24. The van der Waals surface area contributed by atoms with Crippen LogP contribution in [0.5, 0.6) is 5.75 Å². The molecule has 0 fully saturated rings. The van der Waals surface area contributed by atoms with E-state index in [9.17, 15) is 21.6 Å². The van der Waals surface area contributed by atoms with E-state index in [1.807, 2.05) is 0 Å². The van der Waals surface area contributed by atoms with E-state index in [0.29, 0.717) is 11.4 Å². The normalized spacial score (nSPS) is 12.0. The molecule has 1 N–H and O–H groups in total. The van der Waals surface area contributed by atoms with Gasteiger partial charge in [-0.2, -0.15) is 0 Å². The van der Waals surface area contributed by atoms with Crippen molar-refractivity contribution in [1.82, 2.24) is 9.71 Å². The summed E-state index contributed by atoms with van der Waals surface area (Å²) in [5, 5.41) is 0. The van der Waals surface area contributed by atoms with Gasteiger partial charge < -0.3 is 9.64 Å². The van der Waals surface area contributed by atoms with Gasteiger partial charge in [-0.3, -0.25) is 0 Å². The van der Waals surface area contributed by atoms with Gasteiger partial charge in [0.2, 0.25) is 10.0 Å². The van der Waals surface area contributed by atoms with Crippen molar-refractivity contribution in [2.45, 2.75) is 17.8 Å². The summed E-state index contributed by atoms with van der Waals surface area (Å²) in [6, 6.07) is 7.83. The smallest absolute Gasteiger partial charge is 0.404 e. The van der Waals surface area contributed by atoms with E-state index in [0.717, 1.165) is 12.1 Å². The molecule has 1 aromatic carbocycles. The average Bonchev–Trinajstić information content (AvgIpc) is 2.52. The van der Waals surface area contributed by atoms with Gasteiger partial charge in [-0.15, -0.1) is 13.2 Å². The quantitative estimate of drug-likeness (QED) is 0.840. The van der Waals surface area contributed by atoms with Gasteiger partial charge in [0, 0.05) is 26.8 Å². The van der Waals surface area contributed by atoms with Crippen LogP contribution in [0.4, 0.5) is 19.0 Å². The second-order valence-corrected chi connectivity index (χ2v) is 6.97. The lowest BCUT2D eigenvalue weighted by atomic mass is 10.2. The van der Waals surface area contributed by atoms with E-state index < -0.39 is 27.0 Å². The summed E-state index contributed by atoms with van der Waals surface area (Å²) in [4.78, 5) is 5.25. The van der Waals surface area contributed by atoms with Crippen molar-refractivity contribution < 1.29 is 26.3 Å². The molecule has 10 heteroatoms. The minimum absolute atomic E-state index is 0.105. The zero-order chi connectivity index (χ0) is 18.7. The van der Waals surface area contributed by atoms with Crippen LogP contribution < -0.4 is 14.4 Å². The van der Waals surface area contributed by atoms with Crippen molar-refractivity contribution in [3.8, 4) is 5.75 Å². The lowest BCUT2D eigenvalue weighted by Crippen LogP contribution is -2.25. The molecular formula is C15H16F3N3O3S. The maximum absolute atomic E-state index is 12.4. The Hall–Kier alpha value is -2.33. The summed E-state index contributed by atoms with van der Waals surface area (Å²) in [5.41, 5.74) is 0.608. The third kappa shape index (κ3) is 5.33. The van der Waals surface area contributed by atoms with Gasteiger partial charge in [0.05, 0.1) is 0 Å². The number of hydrogen-bond donors (Lipinski definition) is 1. The van der Waals surface area contributed by atoms with Crippen LogP contribution in [-0.2, 0) is 16.6 Å². The molecule has 0 atom stereocenters. The largest absolute Gasteiger partial charge is 0.573 e. The summed E-state index contributed by atoms with van der Waals surface area (Å²) in [5.74, 6) is -0.163. The number of pyridine rings is 1. The number of hydrogen-bond acceptors (Lipinski definition) is 5. The van der Waals surface area contributed by atoms with Gasteiger partial charge in [-0.1, -0.05) is 12.1 Å². The van der Waals surface area contributed by atoms with Crippen molar-refractivity contribution in [2.24, 2.45) is 0 Å². The summed E-state index contributed by atoms with van der Waals surface area (Å²) in [6.45, 7) is -0.105. The number of para-hydroxylation sites is 1. The molecule has 0 saturated carbocycles. The molecular weight excluding hydrogens is 359 g/mol. The van der Waals surface area contributed by atoms with E-state index in [1.54, 1.807) is 31.1 Å². The van der Waals surface area contributed by atoms with Crippen LogP contribution in [-0.4, -0.2) is 33.9 Å². The Bertz CT molecular complexity index is 839. The van der Waals surface area contributed by atoms with E-state index in [1.165, 1.54) is 18.3 Å². The Kier molecular flexibility index (Phi) is 5.53. The third-order valence-electron chi connectivity index (χ3n) is 3.10. The average molecular weight is 375 g/mol. The summed E-state index contributed by atoms with van der Waals surface area (Å²) in [6.07, 6.45) is -3.48. The fraction of sp³-hybridized carbons (Fsp3) is 0.267. The maximum atomic E-state index is 12.4. The first-order valence-electron chi connectivity index (χ1n) is 7.05. The molecule has 0 aliphatic heterocycles. The fourth-order valence-corrected chi connectivity index (χ4v) is 3.10. The van der Waals surface area contributed by atoms with Crippen molar-refractivity contribution >= 4 is 15.8 Å². The van der Waals surface area contributed by atoms with Crippen molar-refractivity contribution in [3.63, 3.8) is 0 Å². The highest BCUT2D eigenvalue weighted by Gasteiger charge is 2.33. The van der Waals surface area contributed by atoms with Crippen LogP contribution in [0.3, 0.4) is 0 Å². The highest BCUT2D eigenvalue weighted by molar-refractivity contribution is 7.89. The molecule has 1 heterocycles. The zero-order valence-electron chi connectivity index (χ0n) is 13.4. The monoisotopic (exact) mass is 375 g/mol. The molecule has 0 unspecified atom stereocenters. The molecule has 25 heavy (non-hydrogen) atoms. The maximum Gasteiger partial charge on any atom is 0.573 e. The van der Waals surface area contributed by atoms with E-state index >= 15 is 0 Å². The van der Waals surface area contributed by atoms with Gasteiger partial charge in [0.15, 0.2) is 0 Å². The molecule has 0 aliphatic carbocycles. The van der Waals surface area contributed by atoms with Crippen LogP contribution in [0.25, 0.3) is 0 Å². The summed E-state index contributed by atoms with van der Waals surface area (Å²) in [7, 11) is -0.646. The predicted octanol–water partition coefficient (Wildman–Crippen LogP) is 2.52. The van der Waals surface area contributed by atoms with Gasteiger partial charge in [-0.25, -0.2) is 18.1 Å². The fourth-order valence-electron chi connectivity index (χ4n) is 1.95. The topological polar surface area (TPSA) is 71.5 Å². The Balaban J connectivity index is 2.21. The highest BCUT2D eigenvalue weighted by atomic mass is 32.2. The number of rotatable bonds is 6. The predicted molar refractivity (Wildman–Crippen MR) is 85.7 cm³/mol. The summed E-state index contributed by atoms with van der Waals surface area (Å²) >= 11 is 0. The molecule has 0 bridgehead atoms. The van der Waals surface area contributed by atoms with Crippen LogP contribution in [0, 0.1) is 0 Å². The van der Waals surface area contributed by atoms with Crippen LogP contribution in [0.15, 0.2) is 47.5 Å². The van der Waals surface area contributed by atoms with Crippen molar-refractivity contribution in [2.75, 3.05) is 19.0 Å². The molecule has 6 nitrogen and oxygen atoms in total. The zero-order valence-corrected chi connectivity index (χ0v) is 14.2. The summed E-state index contributed by atoms with van der Waals surface area (Å²) < 4.78 is 68.0. The molecule has 0 aliphatic rings. The number of sulfonamides is 1. The minimum Gasteiger partial charge on any atom is -0.404 e. The number of nitrogens with zero attached hydrogens (tertiary/aromatic N) is 2. The Morgan fingerprint density at radius 2 is 1.88 bits per heavy atom. The first kappa shape index (κ1) is 19.0. The molecule has 2 aromatic rings. The lowest BCUT2D eigenvalue weighted by molar-refractivity contribution is -0.275. The van der Waals surface area contributed by atoms with Gasteiger partial charge in [-0.05, 0) is 29.8 Å². The van der Waals surface area contributed by atoms with Gasteiger partial charge >= 0.3 is 6.36 Å². The number of halogens is 3. The Morgan fingerprint density at radius 3 is 2.52 bits per heavy atom. The third-order valence-corrected chi connectivity index (χ3v) is 4.54. The number of aromatic nitrogens is 1. The number of nitrogens with one attached hydrogen (secondary N) is 1. The minimum atomic E-state index is -4.99. The van der Waals surface area contributed by atoms with Gasteiger partial charge in [0.1, 0.15) is 16.5 Å². The number of benzene rings is 1. The lowest BCUT2D eigenvalue weighted by Gasteiger charge is -2.15. The van der Waals surface area contributed by atoms with E-state index in [2.05, 4.69) is 14.4 Å². The molecule has 136 valence electrons. The molecule has 0 amide bonds. The molecule has 0 saturated heterocycles. The van der Waals surface area contributed by atoms with Crippen molar-refractivity contribution in [3.05, 3.63) is 48.2 Å². The van der Waals surface area contributed by atoms with Crippen molar-refractivity contribution in [1.29, 1.82) is 0 Å². The number of ether oxygens (including phenoxy) is 1. The molecule has 0 radical (unpaired) electrons. The van der Waals surface area contributed by atoms with Crippen LogP contribution >= 0.6 is 0 Å². The molecule has 0 spiro atoms. The van der Waals surface area contributed by atoms with E-state index in [-0.39, 0.29) is 6.54 Å². The molecule has 1 aromatic heterocycles. The van der Waals surface area contributed by atoms with E-state index in [4.69, 9.17) is 0 Å². The van der Waals surface area contributed by atoms with Crippen LogP contribution in [0.1, 0.15) is 5.56 Å². The van der Waals surface area contributed by atoms with Gasteiger partial charge in [0.25, 0.3) is 0 Å². The second kappa shape index (κ2) is 7.28. The Morgan fingerprint density at radius 1 is 1.20 bits per heavy atom. The Labute approximate surface area is 143 Å². The number of alkyl halides is 3. The number of anilines is 1. The highest BCUT2D eigenvalue weighted by Crippen LogP contribution is 2.29. The first-order valence-corrected chi connectivity index (χ1v) is 8.53. The standard InChI is InChI=1S/C15H16F3N3O3S/c1-21(2)14-9-11(7-8-19-14)10-20-25(22,23)13-6-4-3-5-12(13)24-15(16,17)18/h3-9,20H,10H2,1-2H3. The SMILES string of the molecule is CN(C)c1cc(CNS(=O)(=O)c2ccccc2OC(F)(F)F)ccn1. The molecule has 2 rings (SSSR count).